The number of methoxy groups -OCH3 is 1. The van der Waals surface area contributed by atoms with Gasteiger partial charge < -0.3 is 14.6 Å². The first-order chi connectivity index (χ1) is 15.7. The van der Waals surface area contributed by atoms with Crippen molar-refractivity contribution in [2.75, 3.05) is 20.3 Å². The highest BCUT2D eigenvalue weighted by Crippen LogP contribution is 2.34. The van der Waals surface area contributed by atoms with Crippen LogP contribution in [0.15, 0.2) is 48.5 Å². The highest BCUT2D eigenvalue weighted by atomic mass is 16.5. The lowest BCUT2D eigenvalue weighted by molar-refractivity contribution is -0.130. The zero-order chi connectivity index (χ0) is 23.9. The molecule has 0 radical (unpaired) electrons. The van der Waals surface area contributed by atoms with E-state index in [0.717, 1.165) is 27.1 Å². The summed E-state index contributed by atoms with van der Waals surface area (Å²) in [5.74, 6) is -0.705. The van der Waals surface area contributed by atoms with E-state index in [-0.39, 0.29) is 18.4 Å². The summed E-state index contributed by atoms with van der Waals surface area (Å²) < 4.78 is 7.30. The van der Waals surface area contributed by atoms with Crippen LogP contribution in [0.2, 0.25) is 0 Å². The Morgan fingerprint density at radius 3 is 2.55 bits per heavy atom. The SMILES string of the molecule is COC[C@@H](C)n1c(C)cc(C(=O)CN2C(=O)N[C@@](C)(c3cccc4ccccc34)C2=O)c1C. The molecule has 0 unspecified atom stereocenters. The molecule has 7 nitrogen and oxygen atoms in total. The minimum absolute atomic E-state index is 0.0583. The molecule has 1 saturated heterocycles. The van der Waals surface area contributed by atoms with Crippen LogP contribution in [0.4, 0.5) is 4.79 Å². The zero-order valence-electron chi connectivity index (χ0n) is 19.6. The van der Waals surface area contributed by atoms with Crippen LogP contribution in [0.1, 0.15) is 47.2 Å². The summed E-state index contributed by atoms with van der Waals surface area (Å²) in [6.07, 6.45) is 0. The number of ketones is 1. The summed E-state index contributed by atoms with van der Waals surface area (Å²) >= 11 is 0. The minimum Gasteiger partial charge on any atom is -0.383 e. The summed E-state index contributed by atoms with van der Waals surface area (Å²) in [6.45, 7) is 7.72. The number of urea groups is 1. The van der Waals surface area contributed by atoms with E-state index >= 15 is 0 Å². The van der Waals surface area contributed by atoms with Crippen LogP contribution in [-0.2, 0) is 15.1 Å². The van der Waals surface area contributed by atoms with Gasteiger partial charge in [0.15, 0.2) is 5.78 Å². The Balaban J connectivity index is 1.63. The van der Waals surface area contributed by atoms with Gasteiger partial charge >= 0.3 is 6.03 Å². The van der Waals surface area contributed by atoms with E-state index in [1.54, 1.807) is 14.0 Å². The van der Waals surface area contributed by atoms with E-state index < -0.39 is 17.5 Å². The number of hydrogen-bond acceptors (Lipinski definition) is 4. The van der Waals surface area contributed by atoms with Gasteiger partial charge in [0.25, 0.3) is 5.91 Å². The third-order valence-electron chi connectivity index (χ3n) is 6.54. The van der Waals surface area contributed by atoms with Crippen LogP contribution in [0.3, 0.4) is 0 Å². The van der Waals surface area contributed by atoms with Crippen LogP contribution in [-0.4, -0.2) is 47.4 Å². The topological polar surface area (TPSA) is 80.6 Å². The maximum Gasteiger partial charge on any atom is 0.325 e. The molecule has 3 aromatic rings. The van der Waals surface area contributed by atoms with Gasteiger partial charge in [-0.3, -0.25) is 14.5 Å². The summed E-state index contributed by atoms with van der Waals surface area (Å²) in [5.41, 5.74) is 1.70. The maximum atomic E-state index is 13.5. The lowest BCUT2D eigenvalue weighted by Crippen LogP contribution is -2.41. The van der Waals surface area contributed by atoms with Crippen molar-refractivity contribution in [2.45, 2.75) is 39.3 Å². The van der Waals surface area contributed by atoms with Crippen molar-refractivity contribution in [3.8, 4) is 0 Å². The van der Waals surface area contributed by atoms with E-state index in [1.165, 1.54) is 0 Å². The normalized spacial score (nSPS) is 19.2. The molecule has 1 fully saturated rings. The van der Waals surface area contributed by atoms with Gasteiger partial charge in [-0.1, -0.05) is 42.5 Å². The number of amides is 3. The second-order valence-electron chi connectivity index (χ2n) is 8.86. The molecule has 2 atom stereocenters. The number of ether oxygens (including phenoxy) is 1. The van der Waals surface area contributed by atoms with E-state index in [2.05, 4.69) is 5.32 Å². The number of imide groups is 1. The second-order valence-corrected chi connectivity index (χ2v) is 8.86. The van der Waals surface area contributed by atoms with Crippen molar-refractivity contribution >= 4 is 28.5 Å². The highest BCUT2D eigenvalue weighted by Gasteiger charge is 2.50. The molecular formula is C26H29N3O4. The number of nitrogens with zero attached hydrogens (tertiary/aromatic N) is 2. The highest BCUT2D eigenvalue weighted by molar-refractivity contribution is 6.12. The molecule has 0 aliphatic carbocycles. The zero-order valence-corrected chi connectivity index (χ0v) is 19.6. The molecule has 0 spiro atoms. The number of carbonyl (C=O) groups is 3. The van der Waals surface area contributed by atoms with Crippen molar-refractivity contribution in [1.82, 2.24) is 14.8 Å². The van der Waals surface area contributed by atoms with Crippen molar-refractivity contribution in [3.63, 3.8) is 0 Å². The van der Waals surface area contributed by atoms with Gasteiger partial charge in [-0.25, -0.2) is 4.79 Å². The molecular weight excluding hydrogens is 418 g/mol. The molecule has 1 aliphatic heterocycles. The number of Topliss-reactive ketones (excluding diaryl/α,β-unsaturated/α-hetero) is 1. The standard InChI is InChI=1S/C26H29N3O4/c1-16-13-21(18(3)29(16)17(2)15-33-5)23(30)14-28-24(31)26(4,27-25(28)32)22-12-8-10-19-9-6-7-11-20(19)22/h6-13,17H,14-15H2,1-5H3,(H,27,32)/t17-,26+/m1/s1. The average Bonchev–Trinajstić information content (AvgIpc) is 3.20. The largest absolute Gasteiger partial charge is 0.383 e. The predicted octanol–water partition coefficient (Wildman–Crippen LogP) is 4.12. The lowest BCUT2D eigenvalue weighted by Gasteiger charge is -2.24. The van der Waals surface area contributed by atoms with Crippen molar-refractivity contribution in [1.29, 1.82) is 0 Å². The van der Waals surface area contributed by atoms with Crippen LogP contribution < -0.4 is 5.32 Å². The molecule has 0 bridgehead atoms. The molecule has 4 rings (SSSR count). The molecule has 2 aromatic carbocycles. The van der Waals surface area contributed by atoms with Gasteiger partial charge in [0, 0.05) is 24.1 Å². The van der Waals surface area contributed by atoms with Crippen LogP contribution in [0.5, 0.6) is 0 Å². The van der Waals surface area contributed by atoms with Gasteiger partial charge in [-0.05, 0) is 50.1 Å². The van der Waals surface area contributed by atoms with Crippen LogP contribution in [0.25, 0.3) is 10.8 Å². The Kier molecular flexibility index (Phi) is 5.84. The number of benzene rings is 2. The molecule has 1 aromatic heterocycles. The fourth-order valence-corrected chi connectivity index (χ4v) is 4.97. The van der Waals surface area contributed by atoms with Gasteiger partial charge in [0.2, 0.25) is 0 Å². The number of rotatable bonds is 7. The van der Waals surface area contributed by atoms with Gasteiger partial charge in [0.1, 0.15) is 5.54 Å². The maximum absolute atomic E-state index is 13.5. The first-order valence-electron chi connectivity index (χ1n) is 11.0. The van der Waals surface area contributed by atoms with Gasteiger partial charge in [0.05, 0.1) is 19.2 Å². The molecule has 33 heavy (non-hydrogen) atoms. The van der Waals surface area contributed by atoms with Crippen molar-refractivity contribution in [2.24, 2.45) is 0 Å². The Morgan fingerprint density at radius 1 is 1.12 bits per heavy atom. The predicted molar refractivity (Wildman–Crippen MR) is 126 cm³/mol. The first-order valence-corrected chi connectivity index (χ1v) is 11.0. The quantitative estimate of drug-likeness (QED) is 0.437. The summed E-state index contributed by atoms with van der Waals surface area (Å²) in [4.78, 5) is 40.5. The molecule has 1 aliphatic rings. The summed E-state index contributed by atoms with van der Waals surface area (Å²) in [7, 11) is 1.64. The minimum atomic E-state index is -1.25. The Bertz CT molecular complexity index is 1260. The molecule has 7 heteroatoms. The van der Waals surface area contributed by atoms with E-state index in [4.69, 9.17) is 4.74 Å². The molecule has 2 heterocycles. The monoisotopic (exact) mass is 447 g/mol. The third-order valence-corrected chi connectivity index (χ3v) is 6.54. The van der Waals surface area contributed by atoms with E-state index in [0.29, 0.717) is 17.7 Å². The van der Waals surface area contributed by atoms with E-state index in [1.807, 2.05) is 73.9 Å². The summed E-state index contributed by atoms with van der Waals surface area (Å²) in [6, 6.07) is 14.7. The number of nitrogens with one attached hydrogen (secondary N) is 1. The molecule has 3 amide bonds. The Morgan fingerprint density at radius 2 is 1.82 bits per heavy atom. The first kappa shape index (κ1) is 22.7. The average molecular weight is 448 g/mol. The Hall–Kier alpha value is -3.45. The van der Waals surface area contributed by atoms with Crippen molar-refractivity contribution < 1.29 is 19.1 Å². The number of aryl methyl sites for hydroxylation is 1. The van der Waals surface area contributed by atoms with Gasteiger partial charge in [-0.15, -0.1) is 0 Å². The smallest absolute Gasteiger partial charge is 0.325 e. The Labute approximate surface area is 193 Å². The molecule has 0 saturated carbocycles. The number of hydrogen-bond donors (Lipinski definition) is 1. The number of aromatic nitrogens is 1. The van der Waals surface area contributed by atoms with E-state index in [9.17, 15) is 14.4 Å². The summed E-state index contributed by atoms with van der Waals surface area (Å²) in [5, 5.41) is 4.69. The van der Waals surface area contributed by atoms with Crippen molar-refractivity contribution in [3.05, 3.63) is 71.0 Å². The number of carbonyl (C=O) groups excluding carboxylic acids is 3. The van der Waals surface area contributed by atoms with Crippen LogP contribution in [0, 0.1) is 13.8 Å². The molecule has 1 N–H and O–H groups in total. The van der Waals surface area contributed by atoms with Crippen LogP contribution >= 0.6 is 0 Å². The second kappa shape index (κ2) is 8.48. The molecule has 172 valence electrons. The number of fused-ring (bicyclic) bond motifs is 1. The fourth-order valence-electron chi connectivity index (χ4n) is 4.97. The fraction of sp³-hybridized carbons (Fsp3) is 0.346. The van der Waals surface area contributed by atoms with Gasteiger partial charge in [-0.2, -0.15) is 0 Å². The lowest BCUT2D eigenvalue weighted by atomic mass is 9.88. The third kappa shape index (κ3) is 3.72.